The predicted molar refractivity (Wildman–Crippen MR) is 105 cm³/mol. The van der Waals surface area contributed by atoms with Crippen molar-refractivity contribution in [3.63, 3.8) is 0 Å². The molecule has 3 rings (SSSR count). The van der Waals surface area contributed by atoms with Gasteiger partial charge in [0.25, 0.3) is 0 Å². The molecule has 0 spiro atoms. The van der Waals surface area contributed by atoms with Gasteiger partial charge in [-0.1, -0.05) is 22.7 Å². The van der Waals surface area contributed by atoms with Crippen molar-refractivity contribution in [2.45, 2.75) is 6.92 Å². The van der Waals surface area contributed by atoms with E-state index < -0.39 is 0 Å². The van der Waals surface area contributed by atoms with Gasteiger partial charge >= 0.3 is 0 Å². The molecule has 0 radical (unpaired) electrons. The molecule has 0 saturated heterocycles. The zero-order chi connectivity index (χ0) is 19.8. The molecule has 0 aliphatic heterocycles. The number of hydrogen-bond donors (Lipinski definition) is 1. The summed E-state index contributed by atoms with van der Waals surface area (Å²) in [5.41, 5.74) is 3.80. The van der Waals surface area contributed by atoms with Crippen molar-refractivity contribution in [1.29, 1.82) is 0 Å². The lowest BCUT2D eigenvalue weighted by Gasteiger charge is -2.04. The van der Waals surface area contributed by atoms with Gasteiger partial charge in [0.1, 0.15) is 11.4 Å². The summed E-state index contributed by atoms with van der Waals surface area (Å²) in [6.07, 6.45) is 0. The van der Waals surface area contributed by atoms with Crippen molar-refractivity contribution in [2.75, 3.05) is 7.11 Å². The van der Waals surface area contributed by atoms with E-state index >= 15 is 0 Å². The molecule has 0 saturated carbocycles. The second-order valence-corrected chi connectivity index (χ2v) is 5.77. The summed E-state index contributed by atoms with van der Waals surface area (Å²) in [7, 11) is 1.57. The van der Waals surface area contributed by atoms with Gasteiger partial charge in [0.2, 0.25) is 0 Å². The van der Waals surface area contributed by atoms with Crippen LogP contribution in [0.2, 0.25) is 0 Å². The lowest BCUT2D eigenvalue weighted by molar-refractivity contribution is -0.211. The highest BCUT2D eigenvalue weighted by Gasteiger charge is 2.04. The highest BCUT2D eigenvalue weighted by Crippen LogP contribution is 2.33. The smallest absolute Gasteiger partial charge is 0.167 e. The minimum Gasteiger partial charge on any atom is -0.494 e. The maximum atomic E-state index is 5.39. The Morgan fingerprint density at radius 1 is 0.714 bits per heavy atom. The Balaban J connectivity index is 1.74. The van der Waals surface area contributed by atoms with Crippen LogP contribution in [0.5, 0.6) is 11.5 Å². The molecule has 3 aromatic carbocycles. The number of methoxy groups -OCH3 is 1. The molecular weight excluding hydrogens is 358 g/mol. The number of rotatable bonds is 7. The Bertz CT molecular complexity index is 970. The van der Waals surface area contributed by atoms with Crippen molar-refractivity contribution in [3.8, 4) is 11.5 Å². The van der Waals surface area contributed by atoms with Crippen molar-refractivity contribution in [2.24, 2.45) is 26.4 Å². The Hall–Kier alpha value is -3.62. The summed E-state index contributed by atoms with van der Waals surface area (Å²) < 4.78 is 5.39. The molecular formula is C20H19N5O3. The van der Waals surface area contributed by atoms with Crippen LogP contribution >= 0.6 is 0 Å². The zero-order valence-electron chi connectivity index (χ0n) is 15.4. The van der Waals surface area contributed by atoms with Crippen LogP contribution < -0.4 is 15.5 Å². The standard InChI is InChI=1S/C20H19N5O3/c1-14-3-5-15(6-4-14)23-25-19-12-9-17(13-20(19)26-2)24-22-16-7-10-18(11-8-16)27-28-21/h3-13H,21H2,1-2H3. The molecule has 8 heteroatoms. The summed E-state index contributed by atoms with van der Waals surface area (Å²) in [4.78, 5) is 8.80. The number of nitrogens with zero attached hydrogens (tertiary/aromatic N) is 4. The fourth-order valence-corrected chi connectivity index (χ4v) is 2.27. The molecule has 8 nitrogen and oxygen atoms in total. The van der Waals surface area contributed by atoms with E-state index in [0.717, 1.165) is 5.69 Å². The van der Waals surface area contributed by atoms with Crippen LogP contribution in [0.25, 0.3) is 0 Å². The van der Waals surface area contributed by atoms with Gasteiger partial charge in [0, 0.05) is 6.07 Å². The van der Waals surface area contributed by atoms with E-state index in [0.29, 0.717) is 28.6 Å². The molecule has 0 bridgehead atoms. The van der Waals surface area contributed by atoms with Crippen LogP contribution in [-0.4, -0.2) is 7.11 Å². The first-order chi connectivity index (χ1) is 13.7. The molecule has 28 heavy (non-hydrogen) atoms. The summed E-state index contributed by atoms with van der Waals surface area (Å²) in [6, 6.07) is 19.9. The van der Waals surface area contributed by atoms with E-state index in [-0.39, 0.29) is 0 Å². The second-order valence-electron chi connectivity index (χ2n) is 5.77. The number of nitrogens with two attached hydrogens (primary N) is 1. The van der Waals surface area contributed by atoms with Gasteiger partial charge < -0.3 is 9.62 Å². The average Bonchev–Trinajstić information content (AvgIpc) is 2.73. The average molecular weight is 377 g/mol. The molecule has 142 valence electrons. The first-order valence-electron chi connectivity index (χ1n) is 8.39. The van der Waals surface area contributed by atoms with Gasteiger partial charge in [-0.25, -0.2) is 0 Å². The minimum absolute atomic E-state index is 0.464. The molecule has 0 atom stereocenters. The van der Waals surface area contributed by atoms with Gasteiger partial charge in [-0.05, 0) is 55.5 Å². The highest BCUT2D eigenvalue weighted by molar-refractivity contribution is 5.59. The lowest BCUT2D eigenvalue weighted by atomic mass is 10.2. The number of hydrogen-bond acceptors (Lipinski definition) is 8. The fraction of sp³-hybridized carbons (Fsp3) is 0.100. The molecule has 3 aromatic rings. The monoisotopic (exact) mass is 377 g/mol. The zero-order valence-corrected chi connectivity index (χ0v) is 15.4. The SMILES string of the molecule is COc1cc(N=Nc2ccc(OON)cc2)ccc1N=Nc1ccc(C)cc1. The van der Waals surface area contributed by atoms with Gasteiger partial charge in [-0.2, -0.15) is 21.2 Å². The lowest BCUT2D eigenvalue weighted by Crippen LogP contribution is -2.02. The van der Waals surface area contributed by atoms with Gasteiger partial charge in [0.15, 0.2) is 5.75 Å². The van der Waals surface area contributed by atoms with Gasteiger partial charge in [0.05, 0.1) is 24.2 Å². The number of ether oxygens (including phenoxy) is 1. The third kappa shape index (κ3) is 5.19. The van der Waals surface area contributed by atoms with E-state index in [1.807, 2.05) is 31.2 Å². The van der Waals surface area contributed by atoms with Gasteiger partial charge in [-0.3, -0.25) is 0 Å². The first-order valence-corrected chi connectivity index (χ1v) is 8.39. The van der Waals surface area contributed by atoms with Crippen molar-refractivity contribution in [1.82, 2.24) is 0 Å². The van der Waals surface area contributed by atoms with E-state index in [9.17, 15) is 0 Å². The normalized spacial score (nSPS) is 11.2. The summed E-state index contributed by atoms with van der Waals surface area (Å²) in [6.45, 7) is 2.02. The topological polar surface area (TPSA) is 103 Å². The third-order valence-corrected chi connectivity index (χ3v) is 3.73. The number of azo groups is 2. The Morgan fingerprint density at radius 2 is 1.29 bits per heavy atom. The van der Waals surface area contributed by atoms with Crippen LogP contribution in [0.3, 0.4) is 0 Å². The molecule has 0 fully saturated rings. The molecule has 0 aliphatic carbocycles. The highest BCUT2D eigenvalue weighted by atomic mass is 17.3. The Labute approximate surface area is 162 Å². The molecule has 0 aromatic heterocycles. The number of benzene rings is 3. The molecule has 0 aliphatic rings. The Kier molecular flexibility index (Phi) is 6.40. The first kappa shape index (κ1) is 19.2. The van der Waals surface area contributed by atoms with E-state index in [1.54, 1.807) is 49.6 Å². The van der Waals surface area contributed by atoms with E-state index in [4.69, 9.17) is 15.5 Å². The third-order valence-electron chi connectivity index (χ3n) is 3.73. The van der Waals surface area contributed by atoms with Crippen LogP contribution in [0, 0.1) is 6.92 Å². The largest absolute Gasteiger partial charge is 0.494 e. The molecule has 0 amide bonds. The Morgan fingerprint density at radius 3 is 1.93 bits per heavy atom. The van der Waals surface area contributed by atoms with Crippen LogP contribution in [0.1, 0.15) is 5.56 Å². The molecule has 2 N–H and O–H groups in total. The van der Waals surface area contributed by atoms with Crippen LogP contribution in [0.4, 0.5) is 22.7 Å². The van der Waals surface area contributed by atoms with Crippen LogP contribution in [-0.2, 0) is 4.99 Å². The van der Waals surface area contributed by atoms with Crippen LogP contribution in [0.15, 0.2) is 87.2 Å². The fourth-order valence-electron chi connectivity index (χ4n) is 2.27. The summed E-state index contributed by atoms with van der Waals surface area (Å²) in [5, 5.41) is 16.9. The quantitative estimate of drug-likeness (QED) is 0.309. The van der Waals surface area contributed by atoms with Crippen molar-refractivity contribution < 1.29 is 14.6 Å². The molecule has 0 heterocycles. The summed E-state index contributed by atoms with van der Waals surface area (Å²) >= 11 is 0. The van der Waals surface area contributed by atoms with Crippen molar-refractivity contribution in [3.05, 3.63) is 72.3 Å². The van der Waals surface area contributed by atoms with E-state index in [1.165, 1.54) is 5.56 Å². The summed E-state index contributed by atoms with van der Waals surface area (Å²) in [5.74, 6) is 5.86. The number of aryl methyl sites for hydroxylation is 1. The van der Waals surface area contributed by atoms with Crippen molar-refractivity contribution >= 4 is 22.7 Å². The minimum atomic E-state index is 0.464. The predicted octanol–water partition coefficient (Wildman–Crippen LogP) is 6.02. The van der Waals surface area contributed by atoms with E-state index in [2.05, 4.69) is 25.4 Å². The molecule has 0 unspecified atom stereocenters. The van der Waals surface area contributed by atoms with Gasteiger partial charge in [-0.15, -0.1) is 5.11 Å². The second kappa shape index (κ2) is 9.36. The maximum absolute atomic E-state index is 5.39. The maximum Gasteiger partial charge on any atom is 0.167 e.